The molecule has 7 nitrogen and oxygen atoms in total. The van der Waals surface area contributed by atoms with Gasteiger partial charge in [-0.05, 0) is 31.2 Å². The minimum absolute atomic E-state index is 0.115. The van der Waals surface area contributed by atoms with Crippen LogP contribution in [0.4, 0.5) is 0 Å². The third-order valence-corrected chi connectivity index (χ3v) is 6.28. The molecule has 0 spiro atoms. The van der Waals surface area contributed by atoms with E-state index in [0.29, 0.717) is 4.80 Å². The third kappa shape index (κ3) is 4.01. The molecule has 0 aliphatic rings. The Balaban J connectivity index is 1.67. The fraction of sp³-hybridized carbons (Fsp3) is 0.176. The molecule has 1 aromatic heterocycles. The molecular weight excluding hydrogens is 372 g/mol. The van der Waals surface area contributed by atoms with Crippen molar-refractivity contribution >= 4 is 37.5 Å². The fourth-order valence-corrected chi connectivity index (χ4v) is 4.26. The van der Waals surface area contributed by atoms with Crippen LogP contribution in [0.15, 0.2) is 58.5 Å². The summed E-state index contributed by atoms with van der Waals surface area (Å²) in [5, 5.41) is 4.08. The molecule has 0 radical (unpaired) electrons. The first-order chi connectivity index (χ1) is 12.4. The quantitative estimate of drug-likeness (QED) is 0.646. The summed E-state index contributed by atoms with van der Waals surface area (Å²) >= 11 is 1.43. The molecule has 1 heterocycles. The second-order valence-corrected chi connectivity index (χ2v) is 8.47. The monoisotopic (exact) mass is 390 g/mol. The van der Waals surface area contributed by atoms with Crippen molar-refractivity contribution in [3.63, 3.8) is 0 Å². The van der Waals surface area contributed by atoms with E-state index >= 15 is 0 Å². The molecule has 3 aromatic rings. The third-order valence-electron chi connectivity index (χ3n) is 3.75. The number of nitrogens with zero attached hydrogens (tertiary/aromatic N) is 2. The molecule has 1 amide bonds. The highest BCUT2D eigenvalue weighted by Crippen LogP contribution is 2.14. The van der Waals surface area contributed by atoms with Crippen LogP contribution in [0, 0.1) is 6.92 Å². The van der Waals surface area contributed by atoms with E-state index in [4.69, 9.17) is 0 Å². The number of amides is 1. The standard InChI is InChI=1S/C17H18N4O3S2/c1-12-7-9-13(10-8-12)26(23,24)18-11-16(22)19-20-17-21(2)14-5-3-4-6-15(14)25-17/h3-10,18H,11H2,1-2H3,(H,19,22)/b20-17+. The molecule has 0 saturated carbocycles. The van der Waals surface area contributed by atoms with E-state index in [1.54, 1.807) is 12.1 Å². The highest BCUT2D eigenvalue weighted by Gasteiger charge is 2.15. The number of hydrogen-bond acceptors (Lipinski definition) is 5. The second-order valence-electron chi connectivity index (χ2n) is 5.70. The number of rotatable bonds is 5. The molecular formula is C17H18N4O3S2. The molecule has 2 N–H and O–H groups in total. The molecule has 26 heavy (non-hydrogen) atoms. The van der Waals surface area contributed by atoms with Gasteiger partial charge in [-0.2, -0.15) is 0 Å². The molecule has 9 heteroatoms. The SMILES string of the molecule is Cc1ccc(S(=O)(=O)NCC(=O)N/N=c2/sc3ccccc3n2C)cc1. The number of aryl methyl sites for hydroxylation is 2. The smallest absolute Gasteiger partial charge is 0.255 e. The minimum Gasteiger partial charge on any atom is -0.318 e. The molecule has 0 unspecified atom stereocenters. The van der Waals surface area contributed by atoms with Crippen molar-refractivity contribution < 1.29 is 13.2 Å². The van der Waals surface area contributed by atoms with E-state index in [2.05, 4.69) is 15.2 Å². The zero-order valence-corrected chi connectivity index (χ0v) is 15.9. The summed E-state index contributed by atoms with van der Waals surface area (Å²) in [6, 6.07) is 14.2. The number of nitrogens with one attached hydrogen (secondary N) is 2. The number of aromatic nitrogens is 1. The van der Waals surface area contributed by atoms with Gasteiger partial charge in [0.05, 0.1) is 21.7 Å². The number of hydrogen-bond donors (Lipinski definition) is 2. The Morgan fingerprint density at radius 1 is 1.15 bits per heavy atom. The average molecular weight is 390 g/mol. The fourth-order valence-electron chi connectivity index (χ4n) is 2.30. The number of carbonyl (C=O) groups is 1. The van der Waals surface area contributed by atoms with E-state index in [1.807, 2.05) is 42.8 Å². The average Bonchev–Trinajstić information content (AvgIpc) is 2.95. The van der Waals surface area contributed by atoms with Crippen LogP contribution < -0.4 is 14.9 Å². The van der Waals surface area contributed by atoms with Crippen LogP contribution in [-0.2, 0) is 21.9 Å². The van der Waals surface area contributed by atoms with Crippen LogP contribution in [0.1, 0.15) is 5.56 Å². The van der Waals surface area contributed by atoms with Gasteiger partial charge >= 0.3 is 0 Å². The van der Waals surface area contributed by atoms with Crippen LogP contribution >= 0.6 is 11.3 Å². The summed E-state index contributed by atoms with van der Waals surface area (Å²) in [7, 11) is -1.89. The number of sulfonamides is 1. The highest BCUT2D eigenvalue weighted by atomic mass is 32.2. The number of para-hydroxylation sites is 1. The van der Waals surface area contributed by atoms with Gasteiger partial charge in [-0.1, -0.05) is 41.2 Å². The Labute approximate surface area is 155 Å². The van der Waals surface area contributed by atoms with Crippen LogP contribution in [0.3, 0.4) is 0 Å². The summed E-state index contributed by atoms with van der Waals surface area (Å²) < 4.78 is 29.5. The molecule has 0 atom stereocenters. The van der Waals surface area contributed by atoms with Gasteiger partial charge in [-0.25, -0.2) is 18.6 Å². The summed E-state index contributed by atoms with van der Waals surface area (Å²) in [4.78, 5) is 12.7. The van der Waals surface area contributed by atoms with Crippen LogP contribution in [0.5, 0.6) is 0 Å². The first-order valence-corrected chi connectivity index (χ1v) is 10.1. The maximum absolute atomic E-state index is 12.2. The summed E-state index contributed by atoms with van der Waals surface area (Å²) in [5.74, 6) is -0.543. The summed E-state index contributed by atoms with van der Waals surface area (Å²) in [6.45, 7) is 1.47. The zero-order valence-electron chi connectivity index (χ0n) is 14.3. The Morgan fingerprint density at radius 3 is 2.54 bits per heavy atom. The Bertz CT molecular complexity index is 1110. The van der Waals surface area contributed by atoms with Crippen molar-refractivity contribution in [3.8, 4) is 0 Å². The lowest BCUT2D eigenvalue weighted by Gasteiger charge is -2.06. The van der Waals surface area contributed by atoms with Crippen LogP contribution in [-0.4, -0.2) is 25.4 Å². The molecule has 136 valence electrons. The van der Waals surface area contributed by atoms with Gasteiger partial charge in [-0.3, -0.25) is 4.79 Å². The first kappa shape index (κ1) is 18.3. The van der Waals surface area contributed by atoms with Gasteiger partial charge in [0.25, 0.3) is 5.91 Å². The molecule has 2 aromatic carbocycles. The minimum atomic E-state index is -3.74. The van der Waals surface area contributed by atoms with E-state index in [9.17, 15) is 13.2 Å². The van der Waals surface area contributed by atoms with Crippen molar-refractivity contribution in [1.82, 2.24) is 14.7 Å². The van der Waals surface area contributed by atoms with Gasteiger partial charge in [0, 0.05) is 7.05 Å². The van der Waals surface area contributed by atoms with Crippen molar-refractivity contribution in [1.29, 1.82) is 0 Å². The normalized spacial score (nSPS) is 12.5. The van der Waals surface area contributed by atoms with Gasteiger partial charge in [0.2, 0.25) is 14.8 Å². The first-order valence-electron chi connectivity index (χ1n) is 7.80. The summed E-state index contributed by atoms with van der Waals surface area (Å²) in [5.41, 5.74) is 4.34. The van der Waals surface area contributed by atoms with Crippen LogP contribution in [0.2, 0.25) is 0 Å². The molecule has 0 bridgehead atoms. The van der Waals surface area contributed by atoms with Crippen molar-refractivity contribution in [2.24, 2.45) is 12.1 Å². The topological polar surface area (TPSA) is 92.6 Å². The van der Waals surface area contributed by atoms with Gasteiger partial charge in [0.1, 0.15) is 0 Å². The Morgan fingerprint density at radius 2 is 1.85 bits per heavy atom. The van der Waals surface area contributed by atoms with Gasteiger partial charge in [0.15, 0.2) is 0 Å². The van der Waals surface area contributed by atoms with Crippen molar-refractivity contribution in [3.05, 3.63) is 58.9 Å². The molecule has 0 aliphatic heterocycles. The van der Waals surface area contributed by atoms with E-state index in [0.717, 1.165) is 15.8 Å². The lowest BCUT2D eigenvalue weighted by molar-refractivity contribution is -0.120. The Hall–Kier alpha value is -2.49. The number of fused-ring (bicyclic) bond motifs is 1. The second kappa shape index (κ2) is 7.40. The molecule has 0 saturated heterocycles. The van der Waals surface area contributed by atoms with Crippen molar-refractivity contribution in [2.75, 3.05) is 6.54 Å². The van der Waals surface area contributed by atoms with Crippen LogP contribution in [0.25, 0.3) is 10.2 Å². The maximum Gasteiger partial charge on any atom is 0.255 e. The largest absolute Gasteiger partial charge is 0.318 e. The number of carbonyl (C=O) groups excluding carboxylic acids is 1. The molecule has 0 fully saturated rings. The lowest BCUT2D eigenvalue weighted by atomic mass is 10.2. The predicted octanol–water partition coefficient (Wildman–Crippen LogP) is 1.46. The van der Waals surface area contributed by atoms with Gasteiger partial charge < -0.3 is 4.57 Å². The molecule has 3 rings (SSSR count). The van der Waals surface area contributed by atoms with Crippen molar-refractivity contribution in [2.45, 2.75) is 11.8 Å². The Kier molecular flexibility index (Phi) is 5.21. The maximum atomic E-state index is 12.2. The number of thiazole rings is 1. The molecule has 0 aliphatic carbocycles. The number of benzene rings is 2. The van der Waals surface area contributed by atoms with E-state index in [-0.39, 0.29) is 4.90 Å². The van der Waals surface area contributed by atoms with Gasteiger partial charge in [-0.15, -0.1) is 5.10 Å². The van der Waals surface area contributed by atoms with E-state index < -0.39 is 22.5 Å². The summed E-state index contributed by atoms with van der Waals surface area (Å²) in [6.07, 6.45) is 0. The van der Waals surface area contributed by atoms with E-state index in [1.165, 1.54) is 23.5 Å². The zero-order chi connectivity index (χ0) is 18.7. The lowest BCUT2D eigenvalue weighted by Crippen LogP contribution is -2.35. The highest BCUT2D eigenvalue weighted by molar-refractivity contribution is 7.89. The predicted molar refractivity (Wildman–Crippen MR) is 101 cm³/mol.